The summed E-state index contributed by atoms with van der Waals surface area (Å²) >= 11 is 5.15. The van der Waals surface area contributed by atoms with Gasteiger partial charge in [0.05, 0.1) is 6.54 Å². The van der Waals surface area contributed by atoms with Gasteiger partial charge in [0.15, 0.2) is 5.11 Å². The smallest absolute Gasteiger partial charge is 0.240 e. The highest BCUT2D eigenvalue weighted by Crippen LogP contribution is 2.07. The number of hydrazine groups is 1. The molecule has 1 saturated heterocycles. The largest absolute Gasteiger partial charge is 0.331 e. The number of para-hydroxylation sites is 1. The van der Waals surface area contributed by atoms with Crippen molar-refractivity contribution in [1.82, 2.24) is 10.4 Å². The number of amides is 1. The number of hydrogen-bond acceptors (Lipinski definition) is 2. The van der Waals surface area contributed by atoms with Crippen LogP contribution in [-0.4, -0.2) is 22.6 Å². The van der Waals surface area contributed by atoms with Crippen molar-refractivity contribution in [3.05, 3.63) is 30.3 Å². The average Bonchev–Trinajstić information content (AvgIpc) is 2.66. The zero-order chi connectivity index (χ0) is 10.7. The van der Waals surface area contributed by atoms with Gasteiger partial charge in [-0.25, -0.2) is 0 Å². The van der Waals surface area contributed by atoms with Gasteiger partial charge in [-0.3, -0.25) is 15.2 Å². The lowest BCUT2D eigenvalue weighted by molar-refractivity contribution is -0.120. The molecule has 1 aromatic rings. The molecular formula is C10H11N3OS. The molecule has 1 aromatic carbocycles. The summed E-state index contributed by atoms with van der Waals surface area (Å²) < 4.78 is 0. The number of thiocarbonyl (C=S) groups is 1. The maximum Gasteiger partial charge on any atom is 0.240 e. The highest BCUT2D eigenvalue weighted by molar-refractivity contribution is 7.80. The third kappa shape index (κ3) is 2.44. The molecule has 1 amide bonds. The van der Waals surface area contributed by atoms with Crippen LogP contribution >= 0.6 is 12.2 Å². The van der Waals surface area contributed by atoms with E-state index in [1.165, 1.54) is 0 Å². The molecule has 0 saturated carbocycles. The van der Waals surface area contributed by atoms with Gasteiger partial charge in [0.2, 0.25) is 5.91 Å². The van der Waals surface area contributed by atoms with E-state index in [0.29, 0.717) is 18.1 Å². The molecular weight excluding hydrogens is 210 g/mol. The molecule has 0 aliphatic carbocycles. The minimum atomic E-state index is 0.00668. The maximum absolute atomic E-state index is 11.0. The van der Waals surface area contributed by atoms with Crippen LogP contribution in [0.1, 0.15) is 6.42 Å². The Morgan fingerprint density at radius 1 is 1.40 bits per heavy atom. The van der Waals surface area contributed by atoms with E-state index in [-0.39, 0.29) is 5.91 Å². The fourth-order valence-electron chi connectivity index (χ4n) is 1.34. The molecule has 1 fully saturated rings. The van der Waals surface area contributed by atoms with Crippen LogP contribution in [0.5, 0.6) is 0 Å². The molecule has 0 aromatic heterocycles. The van der Waals surface area contributed by atoms with E-state index in [9.17, 15) is 4.79 Å². The Balaban J connectivity index is 1.96. The summed E-state index contributed by atoms with van der Waals surface area (Å²) in [6.45, 7) is 0.623. The topological polar surface area (TPSA) is 44.4 Å². The number of carbonyl (C=O) groups is 1. The Labute approximate surface area is 93.2 Å². The molecule has 0 spiro atoms. The molecule has 2 rings (SSSR count). The summed E-state index contributed by atoms with van der Waals surface area (Å²) in [5.41, 5.74) is 3.58. The number of hydrogen-bond donors (Lipinski definition) is 2. The Morgan fingerprint density at radius 2 is 2.13 bits per heavy atom. The first-order chi connectivity index (χ1) is 7.25. The summed E-state index contributed by atoms with van der Waals surface area (Å²) in [7, 11) is 0. The highest BCUT2D eigenvalue weighted by Gasteiger charge is 2.20. The van der Waals surface area contributed by atoms with Crippen molar-refractivity contribution in [2.75, 3.05) is 11.9 Å². The quantitative estimate of drug-likeness (QED) is 0.698. The molecule has 1 aliphatic heterocycles. The van der Waals surface area contributed by atoms with Crippen molar-refractivity contribution in [1.29, 1.82) is 0 Å². The van der Waals surface area contributed by atoms with E-state index in [0.717, 1.165) is 5.69 Å². The zero-order valence-electron chi connectivity index (χ0n) is 8.06. The lowest BCUT2D eigenvalue weighted by Gasteiger charge is -2.18. The molecule has 0 bridgehead atoms. The van der Waals surface area contributed by atoms with Gasteiger partial charge >= 0.3 is 0 Å². The van der Waals surface area contributed by atoms with Crippen LogP contribution in [-0.2, 0) is 4.79 Å². The van der Waals surface area contributed by atoms with Gasteiger partial charge in [-0.15, -0.1) is 0 Å². The van der Waals surface area contributed by atoms with Crippen LogP contribution in [0.4, 0.5) is 5.69 Å². The van der Waals surface area contributed by atoms with Crippen molar-refractivity contribution in [2.24, 2.45) is 0 Å². The number of carbonyl (C=O) groups excluding carboxylic acids is 1. The maximum atomic E-state index is 11.0. The molecule has 15 heavy (non-hydrogen) atoms. The molecule has 0 unspecified atom stereocenters. The fraction of sp³-hybridized carbons (Fsp3) is 0.200. The molecule has 5 heteroatoms. The number of anilines is 1. The van der Waals surface area contributed by atoms with E-state index < -0.39 is 0 Å². The lowest BCUT2D eigenvalue weighted by Crippen LogP contribution is -2.41. The fourth-order valence-corrected chi connectivity index (χ4v) is 1.60. The van der Waals surface area contributed by atoms with Crippen LogP contribution < -0.4 is 10.7 Å². The Bertz CT molecular complexity index is 380. The van der Waals surface area contributed by atoms with Crippen molar-refractivity contribution in [3.8, 4) is 0 Å². The number of benzene rings is 1. The second kappa shape index (κ2) is 4.27. The molecule has 2 N–H and O–H groups in total. The van der Waals surface area contributed by atoms with E-state index in [1.54, 1.807) is 5.01 Å². The Hall–Kier alpha value is -1.62. The zero-order valence-corrected chi connectivity index (χ0v) is 8.88. The second-order valence-electron chi connectivity index (χ2n) is 3.23. The standard InChI is InChI=1S/C10H11N3OS/c14-9-6-7-13(12-9)10(15)11-8-4-2-1-3-5-8/h1-5H,6-7H2,(H,11,15)(H,12,14). The van der Waals surface area contributed by atoms with Crippen molar-refractivity contribution < 1.29 is 4.79 Å². The third-order valence-electron chi connectivity index (χ3n) is 2.09. The van der Waals surface area contributed by atoms with Gasteiger partial charge in [0, 0.05) is 12.1 Å². The van der Waals surface area contributed by atoms with Crippen LogP contribution in [0.2, 0.25) is 0 Å². The molecule has 0 radical (unpaired) electrons. The highest BCUT2D eigenvalue weighted by atomic mass is 32.1. The van der Waals surface area contributed by atoms with Gasteiger partial charge in [0.25, 0.3) is 0 Å². The lowest BCUT2D eigenvalue weighted by atomic mass is 10.3. The van der Waals surface area contributed by atoms with Gasteiger partial charge < -0.3 is 5.32 Å². The SMILES string of the molecule is O=C1CCN(C(=S)Nc2ccccc2)N1. The molecule has 1 aliphatic rings. The molecule has 4 nitrogen and oxygen atoms in total. The Morgan fingerprint density at radius 3 is 2.73 bits per heavy atom. The van der Waals surface area contributed by atoms with Crippen LogP contribution in [0.15, 0.2) is 30.3 Å². The molecule has 78 valence electrons. The summed E-state index contributed by atoms with van der Waals surface area (Å²) in [5.74, 6) is 0.00668. The Kier molecular flexibility index (Phi) is 2.82. The monoisotopic (exact) mass is 221 g/mol. The van der Waals surface area contributed by atoms with Gasteiger partial charge in [0.1, 0.15) is 0 Å². The average molecular weight is 221 g/mol. The third-order valence-corrected chi connectivity index (χ3v) is 2.41. The minimum Gasteiger partial charge on any atom is -0.331 e. The van der Waals surface area contributed by atoms with Crippen LogP contribution in [0.3, 0.4) is 0 Å². The first kappa shape index (κ1) is 9.92. The minimum absolute atomic E-state index is 0.00668. The summed E-state index contributed by atoms with van der Waals surface area (Å²) in [6, 6.07) is 9.63. The predicted octanol–water partition coefficient (Wildman–Crippen LogP) is 1.12. The second-order valence-corrected chi connectivity index (χ2v) is 3.62. The summed E-state index contributed by atoms with van der Waals surface area (Å²) in [6.07, 6.45) is 0.497. The molecule has 0 atom stereocenters. The van der Waals surface area contributed by atoms with Gasteiger partial charge in [-0.1, -0.05) is 18.2 Å². The number of rotatable bonds is 1. The van der Waals surface area contributed by atoms with E-state index in [2.05, 4.69) is 10.7 Å². The van der Waals surface area contributed by atoms with Crippen molar-refractivity contribution >= 4 is 28.9 Å². The predicted molar refractivity (Wildman–Crippen MR) is 62.1 cm³/mol. The normalized spacial score (nSPS) is 14.9. The molecule has 1 heterocycles. The number of nitrogens with zero attached hydrogens (tertiary/aromatic N) is 1. The summed E-state index contributed by atoms with van der Waals surface area (Å²) in [4.78, 5) is 11.0. The van der Waals surface area contributed by atoms with Crippen LogP contribution in [0.25, 0.3) is 0 Å². The van der Waals surface area contributed by atoms with Crippen LogP contribution in [0, 0.1) is 0 Å². The van der Waals surface area contributed by atoms with E-state index in [1.807, 2.05) is 30.3 Å². The summed E-state index contributed by atoms with van der Waals surface area (Å²) in [5, 5.41) is 5.21. The van der Waals surface area contributed by atoms with E-state index in [4.69, 9.17) is 12.2 Å². The first-order valence-electron chi connectivity index (χ1n) is 4.69. The van der Waals surface area contributed by atoms with Gasteiger partial charge in [-0.2, -0.15) is 0 Å². The van der Waals surface area contributed by atoms with Crippen molar-refractivity contribution in [3.63, 3.8) is 0 Å². The van der Waals surface area contributed by atoms with Gasteiger partial charge in [-0.05, 0) is 24.4 Å². The number of nitrogens with one attached hydrogen (secondary N) is 2. The van der Waals surface area contributed by atoms with Crippen molar-refractivity contribution in [2.45, 2.75) is 6.42 Å². The first-order valence-corrected chi connectivity index (χ1v) is 5.09. The van der Waals surface area contributed by atoms with E-state index >= 15 is 0 Å².